The van der Waals surface area contributed by atoms with Crippen LogP contribution in [0.4, 0.5) is 11.5 Å². The summed E-state index contributed by atoms with van der Waals surface area (Å²) in [7, 11) is 5.07. The number of para-hydroxylation sites is 1. The normalized spacial score (nSPS) is 22.2. The highest BCUT2D eigenvalue weighted by molar-refractivity contribution is 7.85. The minimum absolute atomic E-state index is 0.0734. The Balaban J connectivity index is 1.61. The molecule has 1 aromatic carbocycles. The first kappa shape index (κ1) is 23.3. The van der Waals surface area contributed by atoms with Gasteiger partial charge in [-0.25, -0.2) is 24.6 Å². The number of nitrogens with two attached hydrogens (primary N) is 1. The monoisotopic (exact) mass is 473 g/mol. The zero-order valence-electron chi connectivity index (χ0n) is 18.0. The Morgan fingerprint density at radius 3 is 2.94 bits per heavy atom. The first-order valence-corrected chi connectivity index (χ1v) is 11.6. The zero-order chi connectivity index (χ0) is 23.6. The Labute approximate surface area is 191 Å². The number of hydrogen-bond acceptors (Lipinski definition) is 11. The van der Waals surface area contributed by atoms with Crippen molar-refractivity contribution in [2.24, 2.45) is 0 Å². The van der Waals surface area contributed by atoms with Crippen LogP contribution in [0.15, 0.2) is 36.9 Å². The first-order chi connectivity index (χ1) is 15.8. The molecule has 4 rings (SSSR count). The molecule has 2 aromatic heterocycles. The third-order valence-corrected chi connectivity index (χ3v) is 6.23. The van der Waals surface area contributed by atoms with Crippen LogP contribution < -0.4 is 11.1 Å². The van der Waals surface area contributed by atoms with E-state index in [1.807, 2.05) is 6.07 Å². The summed E-state index contributed by atoms with van der Waals surface area (Å²) in [6, 6.07) is 7.00. The molecule has 33 heavy (non-hydrogen) atoms. The Morgan fingerprint density at radius 1 is 1.39 bits per heavy atom. The molecule has 0 saturated carbocycles. The molecule has 0 bridgehead atoms. The second-order valence-corrected chi connectivity index (χ2v) is 9.00. The molecule has 12 nitrogen and oxygen atoms in total. The number of carbonyl (C=O) groups is 1. The predicted molar refractivity (Wildman–Crippen MR) is 121 cm³/mol. The maximum atomic E-state index is 13.0. The molecular weight excluding hydrogens is 450 g/mol. The fraction of sp³-hybridized carbons (Fsp3) is 0.368. The quantitative estimate of drug-likeness (QED) is 0.247. The molecule has 0 aliphatic carbocycles. The third kappa shape index (κ3) is 4.92. The van der Waals surface area contributed by atoms with Crippen LogP contribution in [0.3, 0.4) is 0 Å². The molecule has 1 aliphatic heterocycles. The Hall–Kier alpha value is -2.83. The number of nitrogens with one attached hydrogen (secondary N) is 1. The van der Waals surface area contributed by atoms with Crippen LogP contribution in [0, 0.1) is 0 Å². The fourth-order valence-electron chi connectivity index (χ4n) is 3.55. The van der Waals surface area contributed by atoms with Crippen molar-refractivity contribution in [1.82, 2.24) is 19.5 Å². The number of benzene rings is 1. The Bertz CT molecular complexity index is 1150. The minimum atomic E-state index is -3.46. The van der Waals surface area contributed by atoms with Gasteiger partial charge in [0.05, 0.1) is 25.1 Å². The lowest BCUT2D eigenvalue weighted by Gasteiger charge is -2.21. The van der Waals surface area contributed by atoms with Gasteiger partial charge in [0.1, 0.15) is 24.6 Å². The number of fused-ring (bicyclic) bond motifs is 1. The van der Waals surface area contributed by atoms with E-state index >= 15 is 0 Å². The van der Waals surface area contributed by atoms with Crippen molar-refractivity contribution >= 4 is 44.0 Å². The average molecular weight is 473 g/mol. The van der Waals surface area contributed by atoms with Crippen LogP contribution in [0.1, 0.15) is 23.0 Å². The van der Waals surface area contributed by atoms with Gasteiger partial charge in [-0.2, -0.15) is 9.05 Å². The summed E-state index contributed by atoms with van der Waals surface area (Å²) < 4.78 is 23.6. The standard InChI is InChI=1S/C19H23BN6O6P/c1-22-13-6-4-3-5-12(13)19(27)32-14-7-11(8-30-33(20,28)29-2)31-18(14)26-10-25-15-16(21)23-9-24-17(15)26/h3-6,9-11,14,18,22,28H,7-8H2,1-2H3,(H2,21,23,24)/q+1/t11-,14-,18+,33?/m0/s1. The number of carbonyl (C=O) groups excluding carboxylic acids is 1. The number of nitrogen functional groups attached to an aromatic ring is 1. The SMILES string of the molecule is [B][P+](O)(OC)OC[C@@H]1C[C@H](OC(=O)c2ccccc2NC)[C@H](n2cnc3c(N)ncnc32)O1. The van der Waals surface area contributed by atoms with E-state index in [0.717, 1.165) is 0 Å². The van der Waals surface area contributed by atoms with Gasteiger partial charge in [0.25, 0.3) is 0 Å². The van der Waals surface area contributed by atoms with Crippen molar-refractivity contribution in [3.05, 3.63) is 42.5 Å². The molecule has 14 heteroatoms. The Morgan fingerprint density at radius 2 is 2.18 bits per heavy atom. The number of rotatable bonds is 8. The summed E-state index contributed by atoms with van der Waals surface area (Å²) in [4.78, 5) is 35.3. The first-order valence-electron chi connectivity index (χ1n) is 10.00. The van der Waals surface area contributed by atoms with Crippen LogP contribution in [0.25, 0.3) is 11.2 Å². The summed E-state index contributed by atoms with van der Waals surface area (Å²) in [5.74, 6) is -0.315. The van der Waals surface area contributed by atoms with Crippen molar-refractivity contribution in [2.45, 2.75) is 24.9 Å². The third-order valence-electron chi connectivity index (χ3n) is 5.19. The van der Waals surface area contributed by atoms with E-state index in [1.165, 1.54) is 19.8 Å². The number of aromatic nitrogens is 4. The van der Waals surface area contributed by atoms with E-state index in [2.05, 4.69) is 20.3 Å². The van der Waals surface area contributed by atoms with Gasteiger partial charge in [0.15, 0.2) is 17.7 Å². The summed E-state index contributed by atoms with van der Waals surface area (Å²) >= 11 is 0. The van der Waals surface area contributed by atoms with Gasteiger partial charge in [-0.1, -0.05) is 12.1 Å². The van der Waals surface area contributed by atoms with Gasteiger partial charge >= 0.3 is 21.4 Å². The molecule has 1 aliphatic rings. The lowest BCUT2D eigenvalue weighted by atomic mass is 10.1. The highest BCUT2D eigenvalue weighted by Gasteiger charge is 2.43. The highest BCUT2D eigenvalue weighted by Crippen LogP contribution is 2.51. The summed E-state index contributed by atoms with van der Waals surface area (Å²) in [6.45, 7) is -0.0734. The summed E-state index contributed by atoms with van der Waals surface area (Å²) in [5, 5.41) is 2.97. The van der Waals surface area contributed by atoms with E-state index in [-0.39, 0.29) is 18.8 Å². The van der Waals surface area contributed by atoms with Crippen molar-refractivity contribution in [3.63, 3.8) is 0 Å². The topological polar surface area (TPSA) is 156 Å². The number of hydrogen-bond donors (Lipinski definition) is 3. The molecular formula is C19H23BN6O6P+. The highest BCUT2D eigenvalue weighted by atomic mass is 31.2. The van der Waals surface area contributed by atoms with E-state index in [9.17, 15) is 9.69 Å². The number of anilines is 2. The predicted octanol–water partition coefficient (Wildman–Crippen LogP) is 1.46. The van der Waals surface area contributed by atoms with Crippen LogP contribution in [-0.4, -0.2) is 70.9 Å². The molecule has 4 N–H and O–H groups in total. The molecule has 1 saturated heterocycles. The van der Waals surface area contributed by atoms with Gasteiger partial charge < -0.3 is 20.5 Å². The largest absolute Gasteiger partial charge is 0.488 e. The molecule has 0 amide bonds. The molecule has 4 atom stereocenters. The second-order valence-electron chi connectivity index (χ2n) is 7.25. The van der Waals surface area contributed by atoms with Crippen LogP contribution in [0.5, 0.6) is 0 Å². The van der Waals surface area contributed by atoms with Gasteiger partial charge in [0, 0.05) is 19.2 Å². The van der Waals surface area contributed by atoms with Crippen molar-refractivity contribution in [1.29, 1.82) is 0 Å². The van der Waals surface area contributed by atoms with Crippen LogP contribution in [0.2, 0.25) is 0 Å². The number of imidazole rings is 1. The molecule has 0 spiro atoms. The van der Waals surface area contributed by atoms with E-state index < -0.39 is 32.2 Å². The maximum absolute atomic E-state index is 13.0. The number of esters is 1. The molecule has 3 heterocycles. The molecule has 1 fully saturated rings. The van der Waals surface area contributed by atoms with Crippen LogP contribution in [-0.2, 0) is 18.5 Å². The lowest BCUT2D eigenvalue weighted by molar-refractivity contribution is -0.0551. The van der Waals surface area contributed by atoms with Gasteiger partial charge in [-0.3, -0.25) is 4.57 Å². The number of ether oxygens (including phenoxy) is 2. The molecule has 2 radical (unpaired) electrons. The average Bonchev–Trinajstić information content (AvgIpc) is 3.42. The molecule has 172 valence electrons. The fourth-order valence-corrected chi connectivity index (χ4v) is 4.04. The van der Waals surface area contributed by atoms with Crippen molar-refractivity contribution in [2.75, 3.05) is 31.8 Å². The smallest absolute Gasteiger partial charge is 0.454 e. The van der Waals surface area contributed by atoms with Crippen LogP contribution >= 0.6 is 7.82 Å². The Kier molecular flexibility index (Phi) is 6.77. The van der Waals surface area contributed by atoms with Gasteiger partial charge in [-0.05, 0) is 12.1 Å². The zero-order valence-corrected chi connectivity index (χ0v) is 18.9. The van der Waals surface area contributed by atoms with Gasteiger partial charge in [0.2, 0.25) is 0 Å². The minimum Gasteiger partial charge on any atom is -0.454 e. The summed E-state index contributed by atoms with van der Waals surface area (Å²) in [6.07, 6.45) is 1.00. The maximum Gasteiger partial charge on any atom is 0.488 e. The number of nitrogens with zero attached hydrogens (tertiary/aromatic N) is 4. The van der Waals surface area contributed by atoms with E-state index in [4.69, 9.17) is 31.8 Å². The van der Waals surface area contributed by atoms with E-state index in [0.29, 0.717) is 22.4 Å². The van der Waals surface area contributed by atoms with Crippen molar-refractivity contribution in [3.8, 4) is 0 Å². The molecule has 3 aromatic rings. The van der Waals surface area contributed by atoms with E-state index in [1.54, 1.807) is 29.8 Å². The lowest BCUT2D eigenvalue weighted by Crippen LogP contribution is -2.26. The second kappa shape index (κ2) is 9.58. The summed E-state index contributed by atoms with van der Waals surface area (Å²) in [5.41, 5.74) is 7.72. The molecule has 1 unspecified atom stereocenters. The van der Waals surface area contributed by atoms with Gasteiger partial charge in [-0.15, -0.1) is 0 Å². The van der Waals surface area contributed by atoms with Crippen molar-refractivity contribution < 1.29 is 28.2 Å².